The molecule has 1 N–H and O–H groups in total. The number of carbonyl (C=O) groups excluding carboxylic acids is 2. The highest BCUT2D eigenvalue weighted by molar-refractivity contribution is 6.04. The van der Waals surface area contributed by atoms with Crippen LogP contribution in [0.5, 0.6) is 0 Å². The van der Waals surface area contributed by atoms with Crippen LogP contribution in [0.4, 0.5) is 5.69 Å². The van der Waals surface area contributed by atoms with Gasteiger partial charge in [-0.3, -0.25) is 18.8 Å². The summed E-state index contributed by atoms with van der Waals surface area (Å²) in [6.45, 7) is 7.44. The summed E-state index contributed by atoms with van der Waals surface area (Å²) >= 11 is 0. The number of fused-ring (bicyclic) bond motifs is 2. The van der Waals surface area contributed by atoms with E-state index >= 15 is 0 Å². The van der Waals surface area contributed by atoms with E-state index in [9.17, 15) is 14.4 Å². The minimum atomic E-state index is -0.520. The second-order valence-corrected chi connectivity index (χ2v) is 7.65. The van der Waals surface area contributed by atoms with Crippen LogP contribution in [0.3, 0.4) is 0 Å². The average molecular weight is 431 g/mol. The summed E-state index contributed by atoms with van der Waals surface area (Å²) in [5.74, 6) is -0.461. The van der Waals surface area contributed by atoms with Crippen LogP contribution in [0.25, 0.3) is 16.6 Å². The lowest BCUT2D eigenvalue weighted by molar-refractivity contribution is -0.131. The molecule has 32 heavy (non-hydrogen) atoms. The van der Waals surface area contributed by atoms with Gasteiger partial charge in [0.15, 0.2) is 0 Å². The maximum Gasteiger partial charge on any atom is 0.270 e. The lowest BCUT2D eigenvalue weighted by Gasteiger charge is -2.19. The van der Waals surface area contributed by atoms with E-state index in [-0.39, 0.29) is 18.0 Å². The Hall–Kier alpha value is -3.94. The molecule has 0 spiro atoms. The van der Waals surface area contributed by atoms with E-state index in [1.807, 2.05) is 49.7 Å². The Morgan fingerprint density at radius 1 is 1.06 bits per heavy atom. The van der Waals surface area contributed by atoms with Gasteiger partial charge in [-0.05, 0) is 62.7 Å². The zero-order valence-corrected chi connectivity index (χ0v) is 18.3. The van der Waals surface area contributed by atoms with Crippen molar-refractivity contribution in [2.45, 2.75) is 27.3 Å². The molecule has 0 bridgehead atoms. The van der Waals surface area contributed by atoms with E-state index in [4.69, 9.17) is 0 Å². The average Bonchev–Trinajstić information content (AvgIpc) is 3.16. The van der Waals surface area contributed by atoms with Crippen molar-refractivity contribution in [2.75, 3.05) is 18.4 Å². The summed E-state index contributed by atoms with van der Waals surface area (Å²) in [5, 5.41) is 3.67. The monoisotopic (exact) mass is 431 g/mol. The van der Waals surface area contributed by atoms with Crippen molar-refractivity contribution < 1.29 is 9.59 Å². The van der Waals surface area contributed by atoms with Gasteiger partial charge in [0.05, 0.1) is 0 Å². The summed E-state index contributed by atoms with van der Waals surface area (Å²) in [6.07, 6.45) is 4.78. The molecule has 0 aliphatic rings. The lowest BCUT2D eigenvalue weighted by Crippen LogP contribution is -2.33. The molecule has 0 aliphatic carbocycles. The number of hydrogen-bond acceptors (Lipinski definition) is 4. The van der Waals surface area contributed by atoms with Crippen LogP contribution in [0.15, 0.2) is 59.8 Å². The smallest absolute Gasteiger partial charge is 0.270 e. The van der Waals surface area contributed by atoms with Crippen molar-refractivity contribution in [3.63, 3.8) is 0 Å². The number of aryl methyl sites for hydroxylation is 1. The molecule has 1 aromatic carbocycles. The predicted molar refractivity (Wildman–Crippen MR) is 124 cm³/mol. The topological polar surface area (TPSA) is 88.7 Å². The molecule has 0 aliphatic heterocycles. The number of carbonyl (C=O) groups is 2. The van der Waals surface area contributed by atoms with E-state index in [0.717, 1.165) is 16.5 Å². The molecule has 3 aromatic heterocycles. The van der Waals surface area contributed by atoms with E-state index in [1.54, 1.807) is 29.3 Å². The Labute approximate surface area is 185 Å². The molecule has 0 fully saturated rings. The number of rotatable bonds is 6. The molecular weight excluding hydrogens is 406 g/mol. The van der Waals surface area contributed by atoms with Crippen molar-refractivity contribution in [1.29, 1.82) is 0 Å². The van der Waals surface area contributed by atoms with Crippen LogP contribution in [-0.4, -0.2) is 43.8 Å². The van der Waals surface area contributed by atoms with Crippen molar-refractivity contribution in [3.05, 3.63) is 76.5 Å². The molecule has 3 heterocycles. The maximum absolute atomic E-state index is 12.8. The van der Waals surface area contributed by atoms with Crippen LogP contribution < -0.4 is 10.9 Å². The van der Waals surface area contributed by atoms with Crippen molar-refractivity contribution in [2.24, 2.45) is 0 Å². The molecule has 2 amide bonds. The molecule has 4 rings (SSSR count). The molecule has 0 saturated carbocycles. The van der Waals surface area contributed by atoms with E-state index in [2.05, 4.69) is 10.3 Å². The van der Waals surface area contributed by atoms with Crippen molar-refractivity contribution >= 4 is 34.1 Å². The van der Waals surface area contributed by atoms with Gasteiger partial charge in [-0.15, -0.1) is 0 Å². The molecule has 0 atom stereocenters. The number of nitrogens with zero attached hydrogens (tertiary/aromatic N) is 4. The Morgan fingerprint density at radius 3 is 2.59 bits per heavy atom. The largest absolute Gasteiger partial charge is 0.342 e. The van der Waals surface area contributed by atoms with Gasteiger partial charge in [-0.25, -0.2) is 4.98 Å². The van der Waals surface area contributed by atoms with Crippen molar-refractivity contribution in [1.82, 2.24) is 18.9 Å². The van der Waals surface area contributed by atoms with Crippen LogP contribution in [0.2, 0.25) is 0 Å². The number of aromatic nitrogens is 3. The Balaban J connectivity index is 1.56. The minimum absolute atomic E-state index is 0.0335. The summed E-state index contributed by atoms with van der Waals surface area (Å²) in [4.78, 5) is 43.9. The third kappa shape index (κ3) is 3.99. The zero-order valence-electron chi connectivity index (χ0n) is 18.3. The molecule has 164 valence electrons. The fourth-order valence-electron chi connectivity index (χ4n) is 3.77. The summed E-state index contributed by atoms with van der Waals surface area (Å²) in [7, 11) is 0. The number of anilines is 1. The summed E-state index contributed by atoms with van der Waals surface area (Å²) in [6, 6.07) is 10.9. The van der Waals surface area contributed by atoms with Gasteiger partial charge >= 0.3 is 0 Å². The number of amides is 2. The second kappa shape index (κ2) is 8.66. The minimum Gasteiger partial charge on any atom is -0.342 e. The fraction of sp³-hybridized carbons (Fsp3) is 0.250. The Kier molecular flexibility index (Phi) is 5.77. The third-order valence-corrected chi connectivity index (χ3v) is 5.56. The van der Waals surface area contributed by atoms with Gasteiger partial charge in [0.1, 0.15) is 17.8 Å². The Morgan fingerprint density at radius 2 is 1.84 bits per heavy atom. The van der Waals surface area contributed by atoms with Crippen LogP contribution in [0.1, 0.15) is 29.8 Å². The van der Waals surface area contributed by atoms with Gasteiger partial charge in [0.25, 0.3) is 11.5 Å². The highest BCUT2D eigenvalue weighted by Crippen LogP contribution is 2.21. The first kappa shape index (κ1) is 21.3. The first-order valence-corrected chi connectivity index (χ1v) is 10.6. The van der Waals surface area contributed by atoms with Gasteiger partial charge in [0.2, 0.25) is 5.91 Å². The lowest BCUT2D eigenvalue weighted by atomic mass is 10.2. The van der Waals surface area contributed by atoms with Gasteiger partial charge in [-0.2, -0.15) is 0 Å². The molecule has 4 aromatic rings. The summed E-state index contributed by atoms with van der Waals surface area (Å²) < 4.78 is 3.25. The standard InChI is InChI=1S/C24H25N5O3/c1-4-27(5-2)22(30)15-28-10-9-17-13-18(6-7-20(17)28)26-23(31)19-14-25-21-12-16(3)8-11-29(21)24(19)32/h6-14H,4-5,15H2,1-3H3,(H,26,31). The van der Waals surface area contributed by atoms with Crippen LogP contribution in [0, 0.1) is 6.92 Å². The molecule has 0 unspecified atom stereocenters. The number of nitrogens with one attached hydrogen (secondary N) is 1. The maximum atomic E-state index is 12.8. The van der Waals surface area contributed by atoms with Crippen LogP contribution >= 0.6 is 0 Å². The molecule has 0 saturated heterocycles. The van der Waals surface area contributed by atoms with Crippen molar-refractivity contribution in [3.8, 4) is 0 Å². The van der Waals surface area contributed by atoms with E-state index < -0.39 is 11.5 Å². The number of pyridine rings is 1. The fourth-order valence-corrected chi connectivity index (χ4v) is 3.77. The van der Waals surface area contributed by atoms with Gasteiger partial charge in [-0.1, -0.05) is 0 Å². The SMILES string of the molecule is CCN(CC)C(=O)Cn1ccc2cc(NC(=O)c3cnc4cc(C)ccn4c3=O)ccc21. The quantitative estimate of drug-likeness (QED) is 0.508. The second-order valence-electron chi connectivity index (χ2n) is 7.65. The Bertz CT molecular complexity index is 1380. The highest BCUT2D eigenvalue weighted by Gasteiger charge is 2.15. The molecule has 0 radical (unpaired) electrons. The number of likely N-dealkylation sites (N-methyl/N-ethyl adjacent to an activating group) is 1. The first-order chi connectivity index (χ1) is 15.4. The number of hydrogen-bond donors (Lipinski definition) is 1. The third-order valence-electron chi connectivity index (χ3n) is 5.56. The van der Waals surface area contributed by atoms with Gasteiger partial charge in [0, 0.05) is 48.3 Å². The molecule has 8 nitrogen and oxygen atoms in total. The summed E-state index contributed by atoms with van der Waals surface area (Å²) in [5.41, 5.74) is 2.47. The van der Waals surface area contributed by atoms with Crippen LogP contribution in [-0.2, 0) is 11.3 Å². The normalized spacial score (nSPS) is 11.1. The van der Waals surface area contributed by atoms with E-state index in [1.165, 1.54) is 10.6 Å². The predicted octanol–water partition coefficient (Wildman–Crippen LogP) is 3.08. The molecule has 8 heteroatoms. The molecular formula is C24H25N5O3. The highest BCUT2D eigenvalue weighted by atomic mass is 16.2. The first-order valence-electron chi connectivity index (χ1n) is 10.6. The van der Waals surface area contributed by atoms with Gasteiger partial charge < -0.3 is 14.8 Å². The van der Waals surface area contributed by atoms with E-state index in [0.29, 0.717) is 24.4 Å². The number of benzene rings is 1. The zero-order chi connectivity index (χ0) is 22.8.